The number of nitrogens with one attached hydrogen (secondary N) is 1. The van der Waals surface area contributed by atoms with Gasteiger partial charge in [0.2, 0.25) is 5.91 Å². The lowest BCUT2D eigenvalue weighted by Crippen LogP contribution is -2.55. The second kappa shape index (κ2) is 7.10. The Morgan fingerprint density at radius 2 is 2.00 bits per heavy atom. The van der Waals surface area contributed by atoms with Gasteiger partial charge in [-0.3, -0.25) is 9.69 Å². The van der Waals surface area contributed by atoms with Crippen LogP contribution in [0.1, 0.15) is 46.5 Å². The van der Waals surface area contributed by atoms with Gasteiger partial charge in [-0.1, -0.05) is 15.9 Å². The molecule has 3 N–H and O–H groups in total. The van der Waals surface area contributed by atoms with E-state index in [0.717, 1.165) is 23.7 Å². The maximum absolute atomic E-state index is 13.0. The molecule has 0 unspecified atom stereocenters. The zero-order valence-electron chi connectivity index (χ0n) is 15.4. The van der Waals surface area contributed by atoms with Crippen LogP contribution in [-0.4, -0.2) is 34.6 Å². The SMILES string of the molecule is CC(C)(C)OC(=O)N1[C@@H]2CC[C@@H](C2)C[C@H]1C(=O)Nc1ccc(Br)cc1N. The monoisotopic (exact) mass is 423 g/mol. The largest absolute Gasteiger partial charge is 0.444 e. The molecule has 1 saturated carbocycles. The van der Waals surface area contributed by atoms with Gasteiger partial charge in [-0.15, -0.1) is 0 Å². The number of ether oxygens (including phenoxy) is 1. The number of hydrogen-bond acceptors (Lipinski definition) is 4. The van der Waals surface area contributed by atoms with Gasteiger partial charge in [-0.05, 0) is 70.6 Å². The van der Waals surface area contributed by atoms with Gasteiger partial charge in [-0.2, -0.15) is 0 Å². The topological polar surface area (TPSA) is 84.7 Å². The minimum absolute atomic E-state index is 0.0709. The number of fused-ring (bicyclic) bond motifs is 2. The van der Waals surface area contributed by atoms with E-state index >= 15 is 0 Å². The highest BCUT2D eigenvalue weighted by molar-refractivity contribution is 9.10. The summed E-state index contributed by atoms with van der Waals surface area (Å²) in [6.45, 7) is 5.51. The van der Waals surface area contributed by atoms with Crippen LogP contribution in [0, 0.1) is 5.92 Å². The van der Waals surface area contributed by atoms with Gasteiger partial charge >= 0.3 is 6.09 Å². The van der Waals surface area contributed by atoms with Crippen LogP contribution in [-0.2, 0) is 9.53 Å². The number of anilines is 2. The molecule has 1 saturated heterocycles. The average molecular weight is 424 g/mol. The minimum Gasteiger partial charge on any atom is -0.444 e. The number of halogens is 1. The van der Waals surface area contributed by atoms with Crippen LogP contribution < -0.4 is 11.1 Å². The van der Waals surface area contributed by atoms with Crippen LogP contribution in [0.3, 0.4) is 0 Å². The summed E-state index contributed by atoms with van der Waals surface area (Å²) < 4.78 is 6.42. The molecule has 26 heavy (non-hydrogen) atoms. The molecule has 0 spiro atoms. The molecule has 1 aromatic rings. The standard InChI is InChI=1S/C19H26BrN3O3/c1-19(2,3)26-18(25)23-13-6-4-11(8-13)9-16(23)17(24)22-15-7-5-12(20)10-14(15)21/h5,7,10-11,13,16H,4,6,8-9,21H2,1-3H3,(H,22,24)/t11-,13+,16-/m0/s1. The van der Waals surface area contributed by atoms with Gasteiger partial charge in [0.25, 0.3) is 0 Å². The number of carbonyl (C=O) groups is 2. The van der Waals surface area contributed by atoms with Crippen molar-refractivity contribution in [2.75, 3.05) is 11.1 Å². The molecule has 2 bridgehead atoms. The Hall–Kier alpha value is -1.76. The first-order chi connectivity index (χ1) is 12.1. The summed E-state index contributed by atoms with van der Waals surface area (Å²) in [4.78, 5) is 27.4. The number of carbonyl (C=O) groups excluding carboxylic acids is 2. The third kappa shape index (κ3) is 4.14. The molecular weight excluding hydrogens is 398 g/mol. The van der Waals surface area contributed by atoms with E-state index < -0.39 is 17.7 Å². The van der Waals surface area contributed by atoms with Crippen LogP contribution in [0.2, 0.25) is 0 Å². The van der Waals surface area contributed by atoms with Crippen molar-refractivity contribution >= 4 is 39.3 Å². The Kier molecular flexibility index (Phi) is 5.19. The number of likely N-dealkylation sites (tertiary alicyclic amines) is 1. The molecule has 1 aromatic carbocycles. The van der Waals surface area contributed by atoms with Gasteiger partial charge in [0.05, 0.1) is 11.4 Å². The van der Waals surface area contributed by atoms with Gasteiger partial charge < -0.3 is 15.8 Å². The maximum Gasteiger partial charge on any atom is 0.411 e. The summed E-state index contributed by atoms with van der Waals surface area (Å²) in [5, 5.41) is 2.89. The van der Waals surface area contributed by atoms with Crippen LogP contribution in [0.4, 0.5) is 16.2 Å². The van der Waals surface area contributed by atoms with Crippen molar-refractivity contribution in [1.82, 2.24) is 4.90 Å². The molecule has 2 aliphatic rings. The first kappa shape index (κ1) is 19.0. The Balaban J connectivity index is 1.80. The molecule has 0 aromatic heterocycles. The zero-order chi connectivity index (χ0) is 19.1. The summed E-state index contributed by atoms with van der Waals surface area (Å²) >= 11 is 3.36. The predicted octanol–water partition coefficient (Wildman–Crippen LogP) is 4.15. The van der Waals surface area contributed by atoms with E-state index in [1.54, 1.807) is 17.0 Å². The summed E-state index contributed by atoms with van der Waals surface area (Å²) in [7, 11) is 0. The van der Waals surface area contributed by atoms with E-state index in [2.05, 4.69) is 21.2 Å². The second-order valence-electron chi connectivity index (χ2n) is 8.19. The van der Waals surface area contributed by atoms with Gasteiger partial charge in [-0.25, -0.2) is 4.79 Å². The quantitative estimate of drug-likeness (QED) is 0.699. The zero-order valence-corrected chi connectivity index (χ0v) is 17.0. The number of hydrogen-bond donors (Lipinski definition) is 2. The molecule has 1 aliphatic carbocycles. The molecule has 6 nitrogen and oxygen atoms in total. The van der Waals surface area contributed by atoms with Gasteiger partial charge in [0, 0.05) is 10.5 Å². The van der Waals surface area contributed by atoms with Crippen LogP contribution in [0.15, 0.2) is 22.7 Å². The Labute approximate surface area is 162 Å². The third-order valence-corrected chi connectivity index (χ3v) is 5.47. The van der Waals surface area contributed by atoms with Crippen molar-refractivity contribution in [2.45, 2.75) is 64.1 Å². The van der Waals surface area contributed by atoms with Crippen LogP contribution in [0.5, 0.6) is 0 Å². The van der Waals surface area contributed by atoms with Crippen molar-refractivity contribution in [2.24, 2.45) is 5.92 Å². The summed E-state index contributed by atoms with van der Waals surface area (Å²) in [6, 6.07) is 4.86. The molecule has 0 radical (unpaired) electrons. The van der Waals surface area contributed by atoms with E-state index in [1.807, 2.05) is 26.8 Å². The number of nitrogens with two attached hydrogens (primary N) is 1. The lowest BCUT2D eigenvalue weighted by Gasteiger charge is -2.40. The van der Waals surface area contributed by atoms with Crippen molar-refractivity contribution in [3.8, 4) is 0 Å². The Morgan fingerprint density at radius 3 is 2.65 bits per heavy atom. The van der Waals surface area contributed by atoms with E-state index in [0.29, 0.717) is 23.7 Å². The van der Waals surface area contributed by atoms with Crippen molar-refractivity contribution in [1.29, 1.82) is 0 Å². The first-order valence-electron chi connectivity index (χ1n) is 9.01. The lowest BCUT2D eigenvalue weighted by atomic mass is 9.92. The number of amides is 2. The Morgan fingerprint density at radius 1 is 1.27 bits per heavy atom. The molecule has 1 heterocycles. The second-order valence-corrected chi connectivity index (χ2v) is 9.11. The van der Waals surface area contributed by atoms with E-state index in [4.69, 9.17) is 10.5 Å². The van der Waals surface area contributed by atoms with E-state index in [1.165, 1.54) is 0 Å². The molecule has 3 atom stereocenters. The molecule has 142 valence electrons. The fraction of sp³-hybridized carbons (Fsp3) is 0.579. The third-order valence-electron chi connectivity index (χ3n) is 4.98. The fourth-order valence-corrected chi connectivity index (χ4v) is 4.27. The first-order valence-corrected chi connectivity index (χ1v) is 9.80. The molecule has 3 rings (SSSR count). The Bertz CT molecular complexity index is 716. The number of benzene rings is 1. The smallest absolute Gasteiger partial charge is 0.411 e. The molecule has 2 amide bonds. The number of nitrogen functional groups attached to an aromatic ring is 1. The van der Waals surface area contributed by atoms with E-state index in [9.17, 15) is 9.59 Å². The lowest BCUT2D eigenvalue weighted by molar-refractivity contribution is -0.123. The van der Waals surface area contributed by atoms with Crippen molar-refractivity contribution < 1.29 is 14.3 Å². The normalized spacial score (nSPS) is 25.1. The fourth-order valence-electron chi connectivity index (χ4n) is 3.89. The molecule has 1 aliphatic heterocycles. The van der Waals surface area contributed by atoms with Gasteiger partial charge in [0.1, 0.15) is 11.6 Å². The van der Waals surface area contributed by atoms with Crippen molar-refractivity contribution in [3.63, 3.8) is 0 Å². The maximum atomic E-state index is 13.0. The van der Waals surface area contributed by atoms with Crippen LogP contribution in [0.25, 0.3) is 0 Å². The highest BCUT2D eigenvalue weighted by atomic mass is 79.9. The minimum atomic E-state index is -0.594. The number of piperidine rings is 1. The summed E-state index contributed by atoms with van der Waals surface area (Å²) in [5.41, 5.74) is 6.44. The highest BCUT2D eigenvalue weighted by Gasteiger charge is 2.46. The van der Waals surface area contributed by atoms with E-state index in [-0.39, 0.29) is 11.9 Å². The van der Waals surface area contributed by atoms with Gasteiger partial charge in [0.15, 0.2) is 0 Å². The highest BCUT2D eigenvalue weighted by Crippen LogP contribution is 2.41. The molecular formula is C19H26BrN3O3. The summed E-state index contributed by atoms with van der Waals surface area (Å²) in [5.74, 6) is 0.276. The average Bonchev–Trinajstić information content (AvgIpc) is 2.89. The molecule has 2 fully saturated rings. The predicted molar refractivity (Wildman–Crippen MR) is 105 cm³/mol. The number of nitrogens with zero attached hydrogens (tertiary/aromatic N) is 1. The number of rotatable bonds is 2. The molecule has 7 heteroatoms. The van der Waals surface area contributed by atoms with Crippen molar-refractivity contribution in [3.05, 3.63) is 22.7 Å². The van der Waals surface area contributed by atoms with Crippen LogP contribution >= 0.6 is 15.9 Å². The summed E-state index contributed by atoms with van der Waals surface area (Å²) in [6.07, 6.45) is 3.18.